The Morgan fingerprint density at radius 2 is 1.91 bits per heavy atom. The number of ether oxygens (including phenoxy) is 1. The molecule has 0 unspecified atom stereocenters. The SMILES string of the molecule is COCCN(C)CC(=O)c1cc(C)n(-c2ccc(N)cc2)c1C. The van der Waals surface area contributed by atoms with E-state index in [0.717, 1.165) is 34.9 Å². The molecule has 5 nitrogen and oxygen atoms in total. The monoisotopic (exact) mass is 315 g/mol. The number of benzene rings is 1. The summed E-state index contributed by atoms with van der Waals surface area (Å²) in [7, 11) is 3.59. The second-order valence-corrected chi connectivity index (χ2v) is 5.87. The Balaban J connectivity index is 2.23. The number of ketones is 1. The molecule has 0 aliphatic rings. The molecule has 0 saturated heterocycles. The van der Waals surface area contributed by atoms with E-state index >= 15 is 0 Å². The lowest BCUT2D eigenvalue weighted by Gasteiger charge is -2.15. The van der Waals surface area contributed by atoms with E-state index in [9.17, 15) is 4.79 Å². The first kappa shape index (κ1) is 17.2. The van der Waals surface area contributed by atoms with Gasteiger partial charge in [0.2, 0.25) is 0 Å². The van der Waals surface area contributed by atoms with Crippen molar-refractivity contribution in [3.63, 3.8) is 0 Å². The van der Waals surface area contributed by atoms with Crippen molar-refractivity contribution in [1.29, 1.82) is 0 Å². The van der Waals surface area contributed by atoms with Gasteiger partial charge in [0.1, 0.15) is 0 Å². The molecule has 23 heavy (non-hydrogen) atoms. The second kappa shape index (κ2) is 7.44. The van der Waals surface area contributed by atoms with Gasteiger partial charge in [-0.1, -0.05) is 0 Å². The van der Waals surface area contributed by atoms with Gasteiger partial charge >= 0.3 is 0 Å². The molecule has 2 N–H and O–H groups in total. The minimum Gasteiger partial charge on any atom is -0.399 e. The Bertz CT molecular complexity index is 674. The molecule has 1 aromatic heterocycles. The molecule has 0 saturated carbocycles. The van der Waals surface area contributed by atoms with Crippen LogP contribution in [0.5, 0.6) is 0 Å². The van der Waals surface area contributed by atoms with Gasteiger partial charge in [-0.05, 0) is 51.2 Å². The van der Waals surface area contributed by atoms with Crippen LogP contribution in [-0.2, 0) is 4.74 Å². The smallest absolute Gasteiger partial charge is 0.178 e. The highest BCUT2D eigenvalue weighted by Crippen LogP contribution is 2.22. The van der Waals surface area contributed by atoms with Crippen LogP contribution in [0.4, 0.5) is 5.69 Å². The molecule has 5 heteroatoms. The van der Waals surface area contributed by atoms with Crippen LogP contribution in [-0.4, -0.2) is 49.1 Å². The van der Waals surface area contributed by atoms with E-state index in [1.165, 1.54) is 0 Å². The molecular formula is C18H25N3O2. The number of likely N-dealkylation sites (N-methyl/N-ethyl adjacent to an activating group) is 1. The number of hydrogen-bond donors (Lipinski definition) is 1. The van der Waals surface area contributed by atoms with Gasteiger partial charge in [0, 0.05) is 42.0 Å². The molecule has 124 valence electrons. The minimum absolute atomic E-state index is 0.124. The second-order valence-electron chi connectivity index (χ2n) is 5.87. The Labute approximate surface area is 137 Å². The van der Waals surface area contributed by atoms with Gasteiger partial charge < -0.3 is 15.0 Å². The zero-order chi connectivity index (χ0) is 17.0. The number of nitrogen functional groups attached to an aromatic ring is 1. The first-order valence-electron chi connectivity index (χ1n) is 7.69. The van der Waals surface area contributed by atoms with Gasteiger partial charge in [0.25, 0.3) is 0 Å². The van der Waals surface area contributed by atoms with Crippen LogP contribution < -0.4 is 5.73 Å². The summed E-state index contributed by atoms with van der Waals surface area (Å²) in [5, 5.41) is 0. The summed E-state index contributed by atoms with van der Waals surface area (Å²) >= 11 is 0. The zero-order valence-electron chi connectivity index (χ0n) is 14.3. The normalized spacial score (nSPS) is 11.2. The van der Waals surface area contributed by atoms with Crippen LogP contribution in [0.25, 0.3) is 5.69 Å². The summed E-state index contributed by atoms with van der Waals surface area (Å²) < 4.78 is 7.13. The summed E-state index contributed by atoms with van der Waals surface area (Å²) in [6.45, 7) is 5.73. The van der Waals surface area contributed by atoms with Gasteiger partial charge in [-0.3, -0.25) is 9.69 Å². The maximum Gasteiger partial charge on any atom is 0.178 e. The van der Waals surface area contributed by atoms with Crippen molar-refractivity contribution < 1.29 is 9.53 Å². The van der Waals surface area contributed by atoms with Crippen molar-refractivity contribution in [2.75, 3.05) is 39.6 Å². The summed E-state index contributed by atoms with van der Waals surface area (Å²) in [4.78, 5) is 14.5. The number of nitrogens with zero attached hydrogens (tertiary/aromatic N) is 2. The Morgan fingerprint density at radius 1 is 1.26 bits per heavy atom. The maximum atomic E-state index is 12.6. The number of anilines is 1. The molecule has 0 aliphatic heterocycles. The lowest BCUT2D eigenvalue weighted by Crippen LogP contribution is -2.29. The topological polar surface area (TPSA) is 60.5 Å². The first-order valence-corrected chi connectivity index (χ1v) is 7.69. The summed E-state index contributed by atoms with van der Waals surface area (Å²) in [5.41, 5.74) is 10.3. The fraction of sp³-hybridized carbons (Fsp3) is 0.389. The first-order chi connectivity index (χ1) is 10.9. The van der Waals surface area contributed by atoms with E-state index in [1.807, 2.05) is 56.1 Å². The molecule has 0 spiro atoms. The average Bonchev–Trinajstić information content (AvgIpc) is 2.81. The molecule has 0 bridgehead atoms. The van der Waals surface area contributed by atoms with Crippen molar-refractivity contribution in [2.45, 2.75) is 13.8 Å². The van der Waals surface area contributed by atoms with Gasteiger partial charge in [0.15, 0.2) is 5.78 Å². The molecule has 0 fully saturated rings. The zero-order valence-corrected chi connectivity index (χ0v) is 14.3. The van der Waals surface area contributed by atoms with Crippen molar-refractivity contribution in [1.82, 2.24) is 9.47 Å². The van der Waals surface area contributed by atoms with Crippen molar-refractivity contribution >= 4 is 11.5 Å². The molecule has 2 aromatic rings. The van der Waals surface area contributed by atoms with Crippen LogP contribution in [0.2, 0.25) is 0 Å². The van der Waals surface area contributed by atoms with Crippen molar-refractivity contribution in [3.8, 4) is 5.69 Å². The van der Waals surface area contributed by atoms with Crippen LogP contribution in [0.15, 0.2) is 30.3 Å². The maximum absolute atomic E-state index is 12.6. The average molecular weight is 315 g/mol. The van der Waals surface area contributed by atoms with Crippen LogP contribution >= 0.6 is 0 Å². The Morgan fingerprint density at radius 3 is 2.52 bits per heavy atom. The Hall–Kier alpha value is -2.11. The van der Waals surface area contributed by atoms with E-state index in [2.05, 4.69) is 4.57 Å². The molecule has 2 rings (SSSR count). The highest BCUT2D eigenvalue weighted by molar-refractivity contribution is 5.99. The highest BCUT2D eigenvalue weighted by atomic mass is 16.5. The highest BCUT2D eigenvalue weighted by Gasteiger charge is 2.17. The fourth-order valence-corrected chi connectivity index (χ4v) is 2.72. The predicted octanol–water partition coefficient (Wildman–Crippen LogP) is 2.44. The molecule has 0 radical (unpaired) electrons. The number of rotatable bonds is 7. The molecule has 0 amide bonds. The number of nitrogens with two attached hydrogens (primary N) is 1. The predicted molar refractivity (Wildman–Crippen MR) is 93.4 cm³/mol. The van der Waals surface area contributed by atoms with E-state index in [1.54, 1.807) is 7.11 Å². The standard InChI is InChI=1S/C18H25N3O2/c1-13-11-17(18(22)12-20(3)9-10-23-4)14(2)21(13)16-7-5-15(19)6-8-16/h5-8,11H,9-10,12,19H2,1-4H3. The van der Waals surface area contributed by atoms with E-state index in [-0.39, 0.29) is 5.78 Å². The summed E-state index contributed by atoms with van der Waals surface area (Å²) in [5.74, 6) is 0.124. The third-order valence-electron chi connectivity index (χ3n) is 3.97. The van der Waals surface area contributed by atoms with Crippen LogP contribution in [0.1, 0.15) is 21.7 Å². The van der Waals surface area contributed by atoms with Crippen molar-refractivity contribution in [2.24, 2.45) is 0 Å². The third-order valence-corrected chi connectivity index (χ3v) is 3.97. The number of hydrogen-bond acceptors (Lipinski definition) is 4. The Kier molecular flexibility index (Phi) is 5.58. The van der Waals surface area contributed by atoms with Gasteiger partial charge in [-0.2, -0.15) is 0 Å². The number of aryl methyl sites for hydroxylation is 1. The third kappa shape index (κ3) is 4.00. The lowest BCUT2D eigenvalue weighted by molar-refractivity contribution is 0.0922. The van der Waals surface area contributed by atoms with Crippen LogP contribution in [0.3, 0.4) is 0 Å². The van der Waals surface area contributed by atoms with Gasteiger partial charge in [-0.25, -0.2) is 0 Å². The number of methoxy groups -OCH3 is 1. The fourth-order valence-electron chi connectivity index (χ4n) is 2.72. The van der Waals surface area contributed by atoms with E-state index in [4.69, 9.17) is 10.5 Å². The molecule has 1 heterocycles. The summed E-state index contributed by atoms with van der Waals surface area (Å²) in [6.07, 6.45) is 0. The molecule has 0 atom stereocenters. The molecule has 1 aromatic carbocycles. The van der Waals surface area contributed by atoms with Crippen molar-refractivity contribution in [3.05, 3.63) is 47.3 Å². The summed E-state index contributed by atoms with van der Waals surface area (Å²) in [6, 6.07) is 9.63. The van der Waals surface area contributed by atoms with Crippen LogP contribution in [0, 0.1) is 13.8 Å². The minimum atomic E-state index is 0.124. The largest absolute Gasteiger partial charge is 0.399 e. The quantitative estimate of drug-likeness (QED) is 0.630. The molecule has 0 aliphatic carbocycles. The lowest BCUT2D eigenvalue weighted by atomic mass is 10.1. The number of carbonyl (C=O) groups excluding carboxylic acids is 1. The van der Waals surface area contributed by atoms with E-state index in [0.29, 0.717) is 13.2 Å². The van der Waals surface area contributed by atoms with Gasteiger partial charge in [-0.15, -0.1) is 0 Å². The number of carbonyl (C=O) groups is 1. The molecular weight excluding hydrogens is 290 g/mol. The number of aromatic nitrogens is 1. The number of Topliss-reactive ketones (excluding diaryl/α,β-unsaturated/α-hetero) is 1. The van der Waals surface area contributed by atoms with Gasteiger partial charge in [0.05, 0.1) is 13.2 Å². The van der Waals surface area contributed by atoms with E-state index < -0.39 is 0 Å².